The highest BCUT2D eigenvalue weighted by atomic mass is 35.5. The van der Waals surface area contributed by atoms with E-state index in [1.54, 1.807) is 46.5 Å². The number of likely N-dealkylation sites (tertiary alicyclic amines) is 1. The molecule has 37 heavy (non-hydrogen) atoms. The molecule has 1 saturated heterocycles. The number of benzene rings is 2. The number of halogens is 1. The van der Waals surface area contributed by atoms with Crippen molar-refractivity contribution >= 4 is 24.3 Å². The maximum absolute atomic E-state index is 12.7. The van der Waals surface area contributed by atoms with Gasteiger partial charge < -0.3 is 19.1 Å². The van der Waals surface area contributed by atoms with Crippen LogP contribution in [0.1, 0.15) is 59.5 Å². The van der Waals surface area contributed by atoms with Gasteiger partial charge in [0.15, 0.2) is 17.3 Å². The quantitative estimate of drug-likeness (QED) is 0.305. The summed E-state index contributed by atoms with van der Waals surface area (Å²) in [5.74, 6) is 1.53. The molecule has 1 aliphatic heterocycles. The number of ether oxygens (including phenoxy) is 3. The summed E-state index contributed by atoms with van der Waals surface area (Å²) < 4.78 is 16.5. The number of carbonyl (C=O) groups excluding carboxylic acids is 2. The van der Waals surface area contributed by atoms with Gasteiger partial charge >= 0.3 is 6.09 Å². The van der Waals surface area contributed by atoms with Gasteiger partial charge in [0.05, 0.1) is 14.2 Å². The summed E-state index contributed by atoms with van der Waals surface area (Å²) in [5.41, 5.74) is 3.36. The third kappa shape index (κ3) is 6.57. The lowest BCUT2D eigenvalue weighted by molar-refractivity contribution is 0.0708. The number of aryl methyl sites for hydroxylation is 1. The molecule has 0 aromatic heterocycles. The molecule has 2 aliphatic rings. The molecule has 2 aromatic rings. The highest BCUT2D eigenvalue weighted by Crippen LogP contribution is 2.43. The fourth-order valence-electron chi connectivity index (χ4n) is 5.65. The standard InChI is InChI=1S/C29H38N2O5.ClH/c1-30(2)29(33)36-27-19-31(23-15-13-20-10-7-8-11-22(20)28(23)27)17-9-5-6-12-24(32)21-14-16-25(34-3)26(18-21)35-4;/h7-8,10-11,14,16,18,23,27-28H,5-6,9,12-13,15,17,19H2,1-4H3;1H. The number of hydrogen-bond donors (Lipinski definition) is 0. The van der Waals surface area contributed by atoms with E-state index >= 15 is 0 Å². The molecule has 2 aromatic carbocycles. The number of unbranched alkanes of at least 4 members (excludes halogenated alkanes) is 2. The van der Waals surface area contributed by atoms with Gasteiger partial charge in [0.25, 0.3) is 0 Å². The van der Waals surface area contributed by atoms with Crippen molar-refractivity contribution in [2.75, 3.05) is 41.4 Å². The first kappa shape index (κ1) is 28.8. The molecule has 3 unspecified atom stereocenters. The molecule has 1 amide bonds. The summed E-state index contributed by atoms with van der Waals surface area (Å²) in [6.07, 6.45) is 5.06. The fourth-order valence-corrected chi connectivity index (χ4v) is 5.65. The molecule has 1 aliphatic carbocycles. The van der Waals surface area contributed by atoms with Gasteiger partial charge in [-0.15, -0.1) is 12.4 Å². The number of methoxy groups -OCH3 is 2. The first-order valence-corrected chi connectivity index (χ1v) is 12.9. The number of hydrogen-bond acceptors (Lipinski definition) is 6. The van der Waals surface area contributed by atoms with E-state index < -0.39 is 0 Å². The van der Waals surface area contributed by atoms with E-state index in [0.29, 0.717) is 29.5 Å². The Labute approximate surface area is 226 Å². The van der Waals surface area contributed by atoms with Crippen molar-refractivity contribution in [3.8, 4) is 11.5 Å². The smallest absolute Gasteiger partial charge is 0.409 e. The summed E-state index contributed by atoms with van der Waals surface area (Å²) in [6, 6.07) is 14.3. The predicted molar refractivity (Wildman–Crippen MR) is 146 cm³/mol. The predicted octanol–water partition coefficient (Wildman–Crippen LogP) is 5.35. The number of Topliss-reactive ketones (excluding diaryl/α,β-unsaturated/α-hetero) is 1. The Morgan fingerprint density at radius 3 is 2.49 bits per heavy atom. The normalized spacial score (nSPS) is 20.3. The van der Waals surface area contributed by atoms with Crippen LogP contribution in [0, 0.1) is 0 Å². The lowest BCUT2D eigenvalue weighted by Crippen LogP contribution is -2.36. The monoisotopic (exact) mass is 530 g/mol. The van der Waals surface area contributed by atoms with Crippen LogP contribution in [0.15, 0.2) is 42.5 Å². The summed E-state index contributed by atoms with van der Waals surface area (Å²) in [5, 5.41) is 0. The zero-order valence-electron chi connectivity index (χ0n) is 22.3. The van der Waals surface area contributed by atoms with Gasteiger partial charge in [-0.3, -0.25) is 9.69 Å². The lowest BCUT2D eigenvalue weighted by atomic mass is 9.78. The third-order valence-electron chi connectivity index (χ3n) is 7.49. The molecule has 8 heteroatoms. The SMILES string of the molecule is COc1ccc(C(=O)CCCCCN2CC(OC(=O)N(C)C)C3c4ccccc4CCC32)cc1OC.Cl. The van der Waals surface area contributed by atoms with E-state index in [1.807, 2.05) is 0 Å². The molecule has 4 rings (SSSR count). The van der Waals surface area contributed by atoms with Crippen molar-refractivity contribution < 1.29 is 23.8 Å². The average Bonchev–Trinajstić information content (AvgIpc) is 3.25. The second-order valence-corrected chi connectivity index (χ2v) is 9.95. The number of carbonyl (C=O) groups is 2. The summed E-state index contributed by atoms with van der Waals surface area (Å²) in [6.45, 7) is 1.71. The Morgan fingerprint density at radius 2 is 1.76 bits per heavy atom. The van der Waals surface area contributed by atoms with E-state index in [9.17, 15) is 9.59 Å². The zero-order valence-corrected chi connectivity index (χ0v) is 23.1. The molecule has 3 atom stereocenters. The minimum atomic E-state index is -0.280. The van der Waals surface area contributed by atoms with Crippen LogP contribution >= 0.6 is 12.4 Å². The van der Waals surface area contributed by atoms with Crippen molar-refractivity contribution in [2.45, 2.75) is 56.6 Å². The van der Waals surface area contributed by atoms with Gasteiger partial charge in [-0.05, 0) is 61.6 Å². The Kier molecular flexibility index (Phi) is 10.2. The number of amides is 1. The maximum atomic E-state index is 12.7. The minimum Gasteiger partial charge on any atom is -0.493 e. The highest BCUT2D eigenvalue weighted by molar-refractivity contribution is 5.96. The van der Waals surface area contributed by atoms with Gasteiger partial charge in [0.1, 0.15) is 6.10 Å². The summed E-state index contributed by atoms with van der Waals surface area (Å²) in [7, 11) is 6.61. The Morgan fingerprint density at radius 1 is 1.00 bits per heavy atom. The van der Waals surface area contributed by atoms with E-state index in [-0.39, 0.29) is 36.3 Å². The molecule has 202 valence electrons. The third-order valence-corrected chi connectivity index (χ3v) is 7.49. The molecule has 1 fully saturated rings. The van der Waals surface area contributed by atoms with Crippen LogP contribution in [0.3, 0.4) is 0 Å². The van der Waals surface area contributed by atoms with Gasteiger partial charge in [-0.2, -0.15) is 0 Å². The van der Waals surface area contributed by atoms with E-state index in [4.69, 9.17) is 14.2 Å². The van der Waals surface area contributed by atoms with Crippen molar-refractivity contribution in [3.63, 3.8) is 0 Å². The van der Waals surface area contributed by atoms with Crippen LogP contribution < -0.4 is 9.47 Å². The van der Waals surface area contributed by atoms with Crippen LogP contribution in [0.25, 0.3) is 0 Å². The van der Waals surface area contributed by atoms with Crippen LogP contribution in [-0.2, 0) is 11.2 Å². The second-order valence-electron chi connectivity index (χ2n) is 9.95. The maximum Gasteiger partial charge on any atom is 0.409 e. The van der Waals surface area contributed by atoms with Crippen molar-refractivity contribution in [1.29, 1.82) is 0 Å². The molecule has 1 heterocycles. The van der Waals surface area contributed by atoms with Crippen LogP contribution in [0.5, 0.6) is 11.5 Å². The number of nitrogens with zero attached hydrogens (tertiary/aromatic N) is 2. The Balaban J connectivity index is 0.00000380. The largest absolute Gasteiger partial charge is 0.493 e. The molecule has 0 saturated carbocycles. The van der Waals surface area contributed by atoms with Gasteiger partial charge in [-0.1, -0.05) is 30.7 Å². The molecule has 0 spiro atoms. The molecular formula is C29H39ClN2O5. The van der Waals surface area contributed by atoms with Gasteiger partial charge in [0, 0.05) is 44.6 Å². The van der Waals surface area contributed by atoms with Crippen LogP contribution in [0.4, 0.5) is 4.79 Å². The zero-order chi connectivity index (χ0) is 25.7. The topological polar surface area (TPSA) is 68.3 Å². The first-order valence-electron chi connectivity index (χ1n) is 12.9. The van der Waals surface area contributed by atoms with E-state index in [2.05, 4.69) is 29.2 Å². The van der Waals surface area contributed by atoms with E-state index in [1.165, 1.54) is 16.0 Å². The van der Waals surface area contributed by atoms with Crippen LogP contribution in [-0.4, -0.2) is 75.2 Å². The van der Waals surface area contributed by atoms with Crippen LogP contribution in [0.2, 0.25) is 0 Å². The highest BCUT2D eigenvalue weighted by Gasteiger charge is 2.46. The fraction of sp³-hybridized carbons (Fsp3) is 0.517. The summed E-state index contributed by atoms with van der Waals surface area (Å²) >= 11 is 0. The molecule has 0 N–H and O–H groups in total. The molecule has 7 nitrogen and oxygen atoms in total. The van der Waals surface area contributed by atoms with Crippen molar-refractivity contribution in [3.05, 3.63) is 59.2 Å². The Bertz CT molecular complexity index is 1080. The minimum absolute atomic E-state index is 0. The average molecular weight is 531 g/mol. The van der Waals surface area contributed by atoms with Crippen molar-refractivity contribution in [2.24, 2.45) is 0 Å². The Hall–Kier alpha value is -2.77. The first-order chi connectivity index (χ1) is 17.4. The molecule has 0 radical (unpaired) electrons. The lowest BCUT2D eigenvalue weighted by Gasteiger charge is -2.34. The molecule has 0 bridgehead atoms. The van der Waals surface area contributed by atoms with Gasteiger partial charge in [0.2, 0.25) is 0 Å². The van der Waals surface area contributed by atoms with Gasteiger partial charge in [-0.25, -0.2) is 4.79 Å². The summed E-state index contributed by atoms with van der Waals surface area (Å²) in [4.78, 5) is 29.1. The molecular weight excluding hydrogens is 492 g/mol. The second kappa shape index (κ2) is 13.2. The van der Waals surface area contributed by atoms with Crippen molar-refractivity contribution in [1.82, 2.24) is 9.80 Å². The number of fused-ring (bicyclic) bond motifs is 3. The van der Waals surface area contributed by atoms with E-state index in [0.717, 1.165) is 45.2 Å². The number of rotatable bonds is 10. The number of ketones is 1.